The number of thiazole rings is 1. The van der Waals surface area contributed by atoms with Gasteiger partial charge in [0.25, 0.3) is 0 Å². The zero-order valence-corrected chi connectivity index (χ0v) is 7.82. The number of hydrogen-bond acceptors (Lipinski definition) is 4. The van der Waals surface area contributed by atoms with Crippen molar-refractivity contribution in [2.45, 2.75) is 18.9 Å². The van der Waals surface area contributed by atoms with Gasteiger partial charge in [-0.15, -0.1) is 11.3 Å². The fourth-order valence-corrected chi connectivity index (χ4v) is 2.35. The molecule has 66 valence electrons. The molecule has 1 aliphatic rings. The first-order valence-electron chi connectivity index (χ1n) is 4.06. The molecule has 4 heteroatoms. The highest BCUT2D eigenvalue weighted by Crippen LogP contribution is 2.29. The van der Waals surface area contributed by atoms with Gasteiger partial charge in [0, 0.05) is 17.6 Å². The quantitative estimate of drug-likeness (QED) is 0.673. The predicted molar refractivity (Wildman–Crippen MR) is 48.2 cm³/mol. The molecule has 1 aliphatic heterocycles. The van der Waals surface area contributed by atoms with Crippen LogP contribution in [0.2, 0.25) is 0 Å². The van der Waals surface area contributed by atoms with E-state index in [1.807, 2.05) is 12.3 Å². The van der Waals surface area contributed by atoms with E-state index >= 15 is 0 Å². The van der Waals surface area contributed by atoms with Gasteiger partial charge in [-0.3, -0.25) is 0 Å². The second-order valence-electron chi connectivity index (χ2n) is 3.25. The Morgan fingerprint density at radius 3 is 3.08 bits per heavy atom. The third kappa shape index (κ3) is 1.26. The molecule has 0 bridgehead atoms. The Labute approximate surface area is 75.5 Å². The maximum Gasteiger partial charge on any atom is 0.130 e. The molecule has 2 heterocycles. The van der Waals surface area contributed by atoms with E-state index in [0.29, 0.717) is 6.54 Å². The minimum Gasteiger partial charge on any atom is -0.381 e. The Hall–Kier alpha value is -0.450. The molecular formula is C8H12N2OS. The molecule has 0 radical (unpaired) electrons. The van der Waals surface area contributed by atoms with Gasteiger partial charge in [-0.2, -0.15) is 0 Å². The average molecular weight is 184 g/mol. The molecular weight excluding hydrogens is 172 g/mol. The highest BCUT2D eigenvalue weighted by atomic mass is 32.1. The molecule has 1 fully saturated rings. The maximum atomic E-state index is 10.1. The van der Waals surface area contributed by atoms with Crippen LogP contribution in [0, 0.1) is 6.92 Å². The van der Waals surface area contributed by atoms with E-state index in [2.05, 4.69) is 10.3 Å². The third-order valence-corrected chi connectivity index (χ3v) is 3.30. The number of hydrogen-bond donors (Lipinski definition) is 2. The van der Waals surface area contributed by atoms with Gasteiger partial charge < -0.3 is 10.4 Å². The Kier molecular flexibility index (Phi) is 1.90. The molecule has 2 rings (SSSR count). The van der Waals surface area contributed by atoms with E-state index in [-0.39, 0.29) is 0 Å². The molecule has 0 spiro atoms. The molecule has 1 aromatic heterocycles. The van der Waals surface area contributed by atoms with Crippen molar-refractivity contribution < 1.29 is 5.11 Å². The summed E-state index contributed by atoms with van der Waals surface area (Å²) in [5.41, 5.74) is 0.300. The monoisotopic (exact) mass is 184 g/mol. The average Bonchev–Trinajstić information content (AvgIpc) is 2.59. The first-order chi connectivity index (χ1) is 5.71. The lowest BCUT2D eigenvalue weighted by molar-refractivity contribution is 0.0583. The number of aromatic nitrogens is 1. The van der Waals surface area contributed by atoms with E-state index in [0.717, 1.165) is 23.7 Å². The van der Waals surface area contributed by atoms with E-state index in [1.54, 1.807) is 11.3 Å². The van der Waals surface area contributed by atoms with Gasteiger partial charge in [0.05, 0.1) is 0 Å². The number of nitrogens with one attached hydrogen (secondary N) is 1. The molecule has 2 N–H and O–H groups in total. The van der Waals surface area contributed by atoms with Gasteiger partial charge in [-0.25, -0.2) is 4.98 Å². The molecule has 1 atom stereocenters. The van der Waals surface area contributed by atoms with Crippen molar-refractivity contribution in [1.29, 1.82) is 0 Å². The molecule has 3 nitrogen and oxygen atoms in total. The van der Waals surface area contributed by atoms with Crippen LogP contribution >= 0.6 is 11.3 Å². The van der Waals surface area contributed by atoms with Gasteiger partial charge in [-0.05, 0) is 19.9 Å². The largest absolute Gasteiger partial charge is 0.381 e. The first kappa shape index (κ1) is 8.16. The Bertz CT molecular complexity index is 278. The number of β-amino-alcohol motifs (C(OH)–C–C–N with tert-alkyl or cyclic N) is 1. The van der Waals surface area contributed by atoms with E-state index < -0.39 is 5.60 Å². The van der Waals surface area contributed by atoms with Crippen LogP contribution in [0.25, 0.3) is 0 Å². The lowest BCUT2D eigenvalue weighted by atomic mass is 10.1. The van der Waals surface area contributed by atoms with Crippen LogP contribution < -0.4 is 5.32 Å². The third-order valence-electron chi connectivity index (χ3n) is 2.15. The Morgan fingerprint density at radius 2 is 2.58 bits per heavy atom. The normalized spacial score (nSPS) is 29.5. The summed E-state index contributed by atoms with van der Waals surface area (Å²) in [5.74, 6) is 0. The zero-order valence-electron chi connectivity index (χ0n) is 7.00. The summed E-state index contributed by atoms with van der Waals surface area (Å²) in [6.07, 6.45) is 0.778. The summed E-state index contributed by atoms with van der Waals surface area (Å²) < 4.78 is 0. The van der Waals surface area contributed by atoms with Crippen molar-refractivity contribution in [1.82, 2.24) is 10.3 Å². The predicted octanol–water partition coefficient (Wildman–Crippen LogP) is 0.632. The first-order valence-corrected chi connectivity index (χ1v) is 4.94. The zero-order chi connectivity index (χ0) is 8.60. The van der Waals surface area contributed by atoms with Gasteiger partial charge in [-0.1, -0.05) is 0 Å². The van der Waals surface area contributed by atoms with Crippen molar-refractivity contribution in [3.8, 4) is 0 Å². The number of aliphatic hydroxyl groups is 1. The van der Waals surface area contributed by atoms with Crippen molar-refractivity contribution in [2.24, 2.45) is 0 Å². The second kappa shape index (κ2) is 2.80. The van der Waals surface area contributed by atoms with E-state index in [9.17, 15) is 5.11 Å². The Morgan fingerprint density at radius 1 is 1.75 bits per heavy atom. The standard InChI is InChI=1S/C8H12N2OS/c1-6-4-12-7(10-6)8(11)2-3-9-5-8/h4,9,11H,2-3,5H2,1H3. The number of aryl methyl sites for hydroxylation is 1. The van der Waals surface area contributed by atoms with Gasteiger partial charge in [0.2, 0.25) is 0 Å². The highest BCUT2D eigenvalue weighted by molar-refractivity contribution is 7.09. The van der Waals surface area contributed by atoms with E-state index in [4.69, 9.17) is 0 Å². The minimum atomic E-state index is -0.696. The smallest absolute Gasteiger partial charge is 0.130 e. The topological polar surface area (TPSA) is 45.1 Å². The SMILES string of the molecule is Cc1csc(C2(O)CCNC2)n1. The summed E-state index contributed by atoms with van der Waals surface area (Å²) in [4.78, 5) is 4.29. The summed E-state index contributed by atoms with van der Waals surface area (Å²) in [6, 6.07) is 0. The second-order valence-corrected chi connectivity index (χ2v) is 4.11. The molecule has 0 aliphatic carbocycles. The van der Waals surface area contributed by atoms with Crippen LogP contribution in [-0.2, 0) is 5.60 Å². The number of nitrogens with zero attached hydrogens (tertiary/aromatic N) is 1. The molecule has 0 amide bonds. The molecule has 1 aromatic rings. The summed E-state index contributed by atoms with van der Waals surface area (Å²) in [6.45, 7) is 3.47. The molecule has 0 aromatic carbocycles. The fraction of sp³-hybridized carbons (Fsp3) is 0.625. The van der Waals surface area contributed by atoms with Crippen molar-refractivity contribution >= 4 is 11.3 Å². The lowest BCUT2D eigenvalue weighted by Gasteiger charge is -2.17. The van der Waals surface area contributed by atoms with Crippen LogP contribution in [0.15, 0.2) is 5.38 Å². The van der Waals surface area contributed by atoms with Crippen molar-refractivity contribution in [3.05, 3.63) is 16.1 Å². The highest BCUT2D eigenvalue weighted by Gasteiger charge is 2.35. The van der Waals surface area contributed by atoms with Crippen LogP contribution in [0.3, 0.4) is 0 Å². The molecule has 0 saturated carbocycles. The van der Waals surface area contributed by atoms with Crippen LogP contribution in [0.1, 0.15) is 17.1 Å². The molecule has 12 heavy (non-hydrogen) atoms. The van der Waals surface area contributed by atoms with Crippen LogP contribution in [-0.4, -0.2) is 23.2 Å². The summed E-state index contributed by atoms with van der Waals surface area (Å²) in [7, 11) is 0. The van der Waals surface area contributed by atoms with Crippen LogP contribution in [0.5, 0.6) is 0 Å². The summed E-state index contributed by atoms with van der Waals surface area (Å²) >= 11 is 1.54. The molecule has 1 saturated heterocycles. The van der Waals surface area contributed by atoms with Gasteiger partial charge >= 0.3 is 0 Å². The van der Waals surface area contributed by atoms with E-state index in [1.165, 1.54) is 0 Å². The molecule has 1 unspecified atom stereocenters. The Balaban J connectivity index is 2.28. The number of rotatable bonds is 1. The minimum absolute atomic E-state index is 0.639. The fourth-order valence-electron chi connectivity index (χ4n) is 1.43. The maximum absolute atomic E-state index is 10.1. The van der Waals surface area contributed by atoms with Crippen molar-refractivity contribution in [2.75, 3.05) is 13.1 Å². The van der Waals surface area contributed by atoms with Gasteiger partial charge in [0.15, 0.2) is 0 Å². The van der Waals surface area contributed by atoms with Gasteiger partial charge in [0.1, 0.15) is 10.6 Å². The summed E-state index contributed by atoms with van der Waals surface area (Å²) in [5, 5.41) is 16.0. The van der Waals surface area contributed by atoms with Crippen LogP contribution in [0.4, 0.5) is 0 Å². The lowest BCUT2D eigenvalue weighted by Crippen LogP contribution is -2.28. The van der Waals surface area contributed by atoms with Crippen molar-refractivity contribution in [3.63, 3.8) is 0 Å².